The van der Waals surface area contributed by atoms with E-state index in [1.54, 1.807) is 11.3 Å². The zero-order chi connectivity index (χ0) is 9.80. The number of thiophene rings is 1. The van der Waals surface area contributed by atoms with Gasteiger partial charge in [-0.05, 0) is 11.4 Å². The van der Waals surface area contributed by atoms with E-state index in [0.717, 1.165) is 26.2 Å². The van der Waals surface area contributed by atoms with E-state index < -0.39 is 0 Å². The lowest BCUT2D eigenvalue weighted by Crippen LogP contribution is -3.20. The molecule has 0 radical (unpaired) electrons. The molecule has 1 aliphatic heterocycles. The molecule has 0 spiro atoms. The van der Waals surface area contributed by atoms with Crippen LogP contribution in [-0.4, -0.2) is 26.2 Å². The fourth-order valence-electron chi connectivity index (χ4n) is 1.94. The van der Waals surface area contributed by atoms with Crippen LogP contribution in [0.2, 0.25) is 0 Å². The van der Waals surface area contributed by atoms with Gasteiger partial charge in [0.05, 0.1) is 4.88 Å². The molecule has 2 rings (SSSR count). The first-order valence-corrected chi connectivity index (χ1v) is 5.89. The molecule has 1 aromatic heterocycles. The van der Waals surface area contributed by atoms with E-state index in [1.807, 2.05) is 6.07 Å². The number of hydrogen-bond donors (Lipinski definition) is 2. The van der Waals surface area contributed by atoms with Crippen molar-refractivity contribution in [3.63, 3.8) is 0 Å². The zero-order valence-corrected chi connectivity index (χ0v) is 8.89. The minimum atomic E-state index is 0.0590. The Morgan fingerprint density at radius 3 is 2.86 bits per heavy atom. The Morgan fingerprint density at radius 2 is 2.29 bits per heavy atom. The van der Waals surface area contributed by atoms with Gasteiger partial charge in [0.25, 0.3) is 0 Å². The number of nitriles is 1. The number of piperazine rings is 1. The summed E-state index contributed by atoms with van der Waals surface area (Å²) in [6, 6.07) is 6.59. The number of nitrogens with zero attached hydrogens (tertiary/aromatic N) is 1. The lowest BCUT2D eigenvalue weighted by atomic mass is 10.2. The summed E-state index contributed by atoms with van der Waals surface area (Å²) in [6.07, 6.45) is 0. The largest absolute Gasteiger partial charge is 0.337 e. The van der Waals surface area contributed by atoms with Crippen LogP contribution in [0, 0.1) is 11.3 Å². The quantitative estimate of drug-likeness (QED) is 0.630. The third-order valence-corrected chi connectivity index (χ3v) is 3.64. The smallest absolute Gasteiger partial charge is 0.210 e. The summed E-state index contributed by atoms with van der Waals surface area (Å²) in [7, 11) is 0. The zero-order valence-electron chi connectivity index (χ0n) is 8.07. The van der Waals surface area contributed by atoms with Crippen molar-refractivity contribution in [2.24, 2.45) is 0 Å². The highest BCUT2D eigenvalue weighted by Crippen LogP contribution is 2.15. The molecule has 74 valence electrons. The second-order valence-corrected chi connectivity index (χ2v) is 4.58. The third-order valence-electron chi connectivity index (χ3n) is 2.70. The first-order chi connectivity index (χ1) is 6.92. The molecule has 0 amide bonds. The van der Waals surface area contributed by atoms with Crippen LogP contribution in [0.3, 0.4) is 0 Å². The highest BCUT2D eigenvalue weighted by atomic mass is 32.1. The summed E-state index contributed by atoms with van der Waals surface area (Å²) in [6.45, 7) is 4.52. The number of rotatable bonds is 2. The predicted molar refractivity (Wildman–Crippen MR) is 55.0 cm³/mol. The molecule has 3 N–H and O–H groups in total. The van der Waals surface area contributed by atoms with Crippen molar-refractivity contribution in [2.75, 3.05) is 26.2 Å². The predicted octanol–water partition coefficient (Wildman–Crippen LogP) is -1.23. The Hall–Kier alpha value is -0.890. The van der Waals surface area contributed by atoms with Crippen molar-refractivity contribution in [3.05, 3.63) is 22.4 Å². The van der Waals surface area contributed by atoms with Gasteiger partial charge in [-0.15, -0.1) is 11.3 Å². The molecule has 4 heteroatoms. The molecule has 2 heterocycles. The molecule has 0 unspecified atom stereocenters. The van der Waals surface area contributed by atoms with Gasteiger partial charge in [-0.25, -0.2) is 0 Å². The highest BCUT2D eigenvalue weighted by Gasteiger charge is 2.27. The Bertz CT molecular complexity index is 309. The van der Waals surface area contributed by atoms with Crippen molar-refractivity contribution in [1.82, 2.24) is 0 Å². The summed E-state index contributed by atoms with van der Waals surface area (Å²) in [5.41, 5.74) is 0. The van der Waals surface area contributed by atoms with E-state index >= 15 is 0 Å². The van der Waals surface area contributed by atoms with E-state index in [0.29, 0.717) is 0 Å². The summed E-state index contributed by atoms with van der Waals surface area (Å²) < 4.78 is 0. The van der Waals surface area contributed by atoms with Gasteiger partial charge >= 0.3 is 0 Å². The van der Waals surface area contributed by atoms with Crippen molar-refractivity contribution in [3.8, 4) is 6.07 Å². The Morgan fingerprint density at radius 1 is 1.50 bits per heavy atom. The molecule has 0 saturated carbocycles. The topological polar surface area (TPSA) is 44.8 Å². The number of nitrogens with two attached hydrogens (primary N) is 1. The van der Waals surface area contributed by atoms with Crippen molar-refractivity contribution in [2.45, 2.75) is 6.04 Å². The fourth-order valence-corrected chi connectivity index (χ4v) is 2.77. The van der Waals surface area contributed by atoms with E-state index in [1.165, 1.54) is 9.78 Å². The maximum atomic E-state index is 9.18. The second kappa shape index (κ2) is 4.56. The molecule has 14 heavy (non-hydrogen) atoms. The molecule has 1 aromatic rings. The van der Waals surface area contributed by atoms with Crippen molar-refractivity contribution < 1.29 is 10.2 Å². The van der Waals surface area contributed by atoms with Crippen LogP contribution in [0.1, 0.15) is 10.9 Å². The van der Waals surface area contributed by atoms with Crippen LogP contribution in [0.5, 0.6) is 0 Å². The van der Waals surface area contributed by atoms with Crippen LogP contribution < -0.4 is 10.2 Å². The maximum absolute atomic E-state index is 9.18. The molecule has 1 saturated heterocycles. The summed E-state index contributed by atoms with van der Waals surface area (Å²) in [5.74, 6) is 0. The summed E-state index contributed by atoms with van der Waals surface area (Å²) in [5, 5.41) is 13.6. The first kappa shape index (κ1) is 9.66. The number of hydrogen-bond acceptors (Lipinski definition) is 2. The number of quaternary nitrogens is 2. The van der Waals surface area contributed by atoms with Crippen molar-refractivity contribution >= 4 is 11.3 Å². The molecule has 3 nitrogen and oxygen atoms in total. The van der Waals surface area contributed by atoms with Crippen molar-refractivity contribution in [1.29, 1.82) is 5.26 Å². The van der Waals surface area contributed by atoms with Crippen LogP contribution in [0.4, 0.5) is 0 Å². The van der Waals surface area contributed by atoms with E-state index in [2.05, 4.69) is 22.8 Å². The lowest BCUT2D eigenvalue weighted by Gasteiger charge is -2.25. The molecular formula is C10H15N3S+2. The minimum Gasteiger partial charge on any atom is -0.337 e. The Kier molecular flexibility index (Phi) is 3.14. The monoisotopic (exact) mass is 209 g/mol. The van der Waals surface area contributed by atoms with Gasteiger partial charge in [0, 0.05) is 0 Å². The standard InChI is InChI=1S/C10H13N3S/c11-8-9(10-2-1-7-14-10)13-5-3-12-4-6-13/h1-2,7,9,12H,3-6H2/p+2/t9-/m0/s1. The average Bonchev–Trinajstić information content (AvgIpc) is 2.74. The first-order valence-electron chi connectivity index (χ1n) is 5.01. The Labute approximate surface area is 88.0 Å². The van der Waals surface area contributed by atoms with E-state index in [9.17, 15) is 5.26 Å². The molecule has 0 bridgehead atoms. The van der Waals surface area contributed by atoms with Gasteiger partial charge in [0.15, 0.2) is 0 Å². The summed E-state index contributed by atoms with van der Waals surface area (Å²) >= 11 is 1.70. The van der Waals surface area contributed by atoms with E-state index in [4.69, 9.17) is 0 Å². The van der Waals surface area contributed by atoms with Gasteiger partial charge in [-0.1, -0.05) is 6.07 Å². The van der Waals surface area contributed by atoms with Crippen LogP contribution in [0.25, 0.3) is 0 Å². The molecule has 1 atom stereocenters. The SMILES string of the molecule is N#C[C@@H](c1cccs1)[NH+]1CC[NH2+]CC1. The van der Waals surface area contributed by atoms with Gasteiger partial charge in [0.1, 0.15) is 32.2 Å². The fraction of sp³-hybridized carbons (Fsp3) is 0.500. The minimum absolute atomic E-state index is 0.0590. The van der Waals surface area contributed by atoms with Gasteiger partial charge in [-0.2, -0.15) is 5.26 Å². The van der Waals surface area contributed by atoms with Crippen LogP contribution >= 0.6 is 11.3 Å². The molecule has 1 fully saturated rings. The van der Waals surface area contributed by atoms with Gasteiger partial charge in [0.2, 0.25) is 6.04 Å². The third kappa shape index (κ3) is 1.95. The molecule has 0 aliphatic carbocycles. The van der Waals surface area contributed by atoms with Crippen LogP contribution in [0.15, 0.2) is 17.5 Å². The second-order valence-electron chi connectivity index (χ2n) is 3.60. The van der Waals surface area contributed by atoms with Gasteiger partial charge in [-0.3, -0.25) is 0 Å². The molecule has 0 aromatic carbocycles. The molecule has 1 aliphatic rings. The summed E-state index contributed by atoms with van der Waals surface area (Å²) in [4.78, 5) is 2.64. The lowest BCUT2D eigenvalue weighted by molar-refractivity contribution is -0.965. The average molecular weight is 209 g/mol. The van der Waals surface area contributed by atoms with E-state index in [-0.39, 0.29) is 6.04 Å². The Balaban J connectivity index is 2.09. The van der Waals surface area contributed by atoms with Gasteiger partial charge < -0.3 is 10.2 Å². The molecular weight excluding hydrogens is 194 g/mol. The normalized spacial score (nSPS) is 20.2. The maximum Gasteiger partial charge on any atom is 0.210 e. The van der Waals surface area contributed by atoms with Crippen LogP contribution in [-0.2, 0) is 0 Å². The highest BCUT2D eigenvalue weighted by molar-refractivity contribution is 7.10. The number of nitrogens with one attached hydrogen (secondary N) is 1.